The zero-order chi connectivity index (χ0) is 29.9. The molecule has 0 unspecified atom stereocenters. The molecule has 7 rings (SSSR count). The first-order valence-corrected chi connectivity index (χ1v) is 10.5. The van der Waals surface area contributed by atoms with Crippen LogP contribution in [0.4, 0.5) is 0 Å². The molecule has 0 aliphatic heterocycles. The first kappa shape index (κ1) is 9.64. The van der Waals surface area contributed by atoms with E-state index in [1.54, 1.807) is 17.4 Å². The highest BCUT2D eigenvalue weighted by molar-refractivity contribution is 7.25. The number of hydrogen-bond acceptors (Lipinski definition) is 1. The lowest BCUT2D eigenvalue weighted by atomic mass is 9.92. The Labute approximate surface area is 199 Å². The summed E-state index contributed by atoms with van der Waals surface area (Å²) in [7, 11) is 0. The van der Waals surface area contributed by atoms with E-state index in [2.05, 4.69) is 0 Å². The Hall–Kier alpha value is -3.68. The van der Waals surface area contributed by atoms with Gasteiger partial charge in [0.1, 0.15) is 0 Å². The fourth-order valence-corrected chi connectivity index (χ4v) is 5.27. The molecule has 1 heterocycles. The summed E-state index contributed by atoms with van der Waals surface area (Å²) in [5.74, 6) is 0. The van der Waals surface area contributed by atoms with Crippen LogP contribution in [0.5, 0.6) is 0 Å². The van der Waals surface area contributed by atoms with Crippen LogP contribution in [-0.2, 0) is 0 Å². The SMILES string of the molecule is [2H]c1c([2H])c([2H])c2c(c1[2H])c1c([2H])c([2H])c([2H])c([2H])c1c1c([2H])c(-c3ccc4sc5ccccc5c4c3)c([2H])c([2H])c21. The molecule has 0 spiro atoms. The largest absolute Gasteiger partial charge is 0.135 e. The molecule has 0 N–H and O–H groups in total. The van der Waals surface area contributed by atoms with E-state index in [1.807, 2.05) is 36.4 Å². The third kappa shape index (κ3) is 2.47. The summed E-state index contributed by atoms with van der Waals surface area (Å²) in [6, 6.07) is 8.10. The molecule has 0 fully saturated rings. The van der Waals surface area contributed by atoms with Gasteiger partial charge in [-0.3, -0.25) is 0 Å². The van der Waals surface area contributed by atoms with E-state index in [1.165, 1.54) is 0 Å². The zero-order valence-corrected chi connectivity index (χ0v) is 16.8. The Morgan fingerprint density at radius 1 is 0.484 bits per heavy atom. The fraction of sp³-hybridized carbons (Fsp3) is 0. The van der Waals surface area contributed by atoms with Gasteiger partial charge in [-0.05, 0) is 67.7 Å². The van der Waals surface area contributed by atoms with Crippen LogP contribution in [0.25, 0.3) is 63.6 Å². The molecule has 0 nitrogen and oxygen atoms in total. The number of rotatable bonds is 1. The van der Waals surface area contributed by atoms with Crippen LogP contribution < -0.4 is 0 Å². The molecule has 144 valence electrons. The van der Waals surface area contributed by atoms with Gasteiger partial charge < -0.3 is 0 Å². The molecule has 1 aromatic heterocycles. The van der Waals surface area contributed by atoms with E-state index >= 15 is 0 Å². The number of fused-ring (bicyclic) bond motifs is 9. The summed E-state index contributed by atoms with van der Waals surface area (Å²) in [4.78, 5) is 0. The third-order valence-electron chi connectivity index (χ3n) is 5.60. The van der Waals surface area contributed by atoms with Gasteiger partial charge >= 0.3 is 0 Å². The lowest BCUT2D eigenvalue weighted by Gasteiger charge is -2.12. The predicted molar refractivity (Wildman–Crippen MR) is 137 cm³/mol. The molecule has 0 aliphatic rings. The van der Waals surface area contributed by atoms with Crippen LogP contribution in [-0.4, -0.2) is 0 Å². The Kier molecular flexibility index (Phi) is 1.99. The van der Waals surface area contributed by atoms with Gasteiger partial charge in [0.05, 0.1) is 15.1 Å². The molecule has 6 aromatic carbocycles. The maximum Gasteiger partial charge on any atom is 0.0636 e. The van der Waals surface area contributed by atoms with Crippen molar-refractivity contribution < 1.29 is 15.1 Å². The van der Waals surface area contributed by atoms with Gasteiger partial charge in [-0.1, -0.05) is 84.7 Å². The Bertz CT molecular complexity index is 2330. The minimum atomic E-state index is -0.586. The van der Waals surface area contributed by atoms with Crippen LogP contribution in [0.3, 0.4) is 0 Å². The maximum absolute atomic E-state index is 9.37. The summed E-state index contributed by atoms with van der Waals surface area (Å²) >= 11 is 1.61. The lowest BCUT2D eigenvalue weighted by molar-refractivity contribution is 1.71. The Morgan fingerprint density at radius 2 is 1.10 bits per heavy atom. The Morgan fingerprint density at radius 3 is 1.84 bits per heavy atom. The minimum Gasteiger partial charge on any atom is -0.135 e. The first-order chi connectivity index (χ1) is 20.0. The summed E-state index contributed by atoms with van der Waals surface area (Å²) in [6.45, 7) is 0. The second-order valence-corrected chi connectivity index (χ2v) is 8.39. The molecule has 31 heavy (non-hydrogen) atoms. The van der Waals surface area contributed by atoms with Gasteiger partial charge in [-0.25, -0.2) is 0 Å². The average Bonchev–Trinajstić information content (AvgIpc) is 3.36. The molecule has 0 saturated carbocycles. The zero-order valence-electron chi connectivity index (χ0n) is 26.9. The van der Waals surface area contributed by atoms with E-state index in [9.17, 15) is 1.37 Å². The van der Waals surface area contributed by atoms with Crippen LogP contribution >= 0.6 is 11.3 Å². The second-order valence-electron chi connectivity index (χ2n) is 7.31. The summed E-state index contributed by atoms with van der Waals surface area (Å²) in [6.07, 6.45) is 0. The van der Waals surface area contributed by atoms with Crippen LogP contribution in [0.1, 0.15) is 15.1 Å². The van der Waals surface area contributed by atoms with Crippen molar-refractivity contribution in [2.45, 2.75) is 0 Å². The van der Waals surface area contributed by atoms with Crippen molar-refractivity contribution in [1.29, 1.82) is 0 Å². The summed E-state index contributed by atoms with van der Waals surface area (Å²) in [5.41, 5.74) is 0.582. The first-order valence-electron chi connectivity index (χ1n) is 15.2. The van der Waals surface area contributed by atoms with Crippen molar-refractivity contribution >= 4 is 63.8 Å². The van der Waals surface area contributed by atoms with E-state index < -0.39 is 54.4 Å². The molecule has 0 radical (unpaired) electrons. The molecule has 0 bridgehead atoms. The van der Waals surface area contributed by atoms with Crippen molar-refractivity contribution in [3.63, 3.8) is 0 Å². The normalized spacial score (nSPS) is 16.8. The molecular formula is C30H18S. The molecule has 0 saturated heterocycles. The van der Waals surface area contributed by atoms with Crippen molar-refractivity contribution in [2.24, 2.45) is 0 Å². The number of benzene rings is 6. The van der Waals surface area contributed by atoms with E-state index in [0.717, 1.165) is 20.2 Å². The molecule has 0 aliphatic carbocycles. The third-order valence-corrected chi connectivity index (χ3v) is 6.75. The van der Waals surface area contributed by atoms with Crippen molar-refractivity contribution in [1.82, 2.24) is 0 Å². The molecule has 0 atom stereocenters. The summed E-state index contributed by atoms with van der Waals surface area (Å²) in [5, 5.41) is 1.18. The quantitative estimate of drug-likeness (QED) is 0.232. The van der Waals surface area contributed by atoms with Crippen molar-refractivity contribution in [3.8, 4) is 11.1 Å². The maximum atomic E-state index is 9.37. The van der Waals surface area contributed by atoms with Gasteiger partial charge in [0.25, 0.3) is 0 Å². The standard InChI is InChI=1S/C30H18S/c1-2-9-23-21(7-1)22-8-3-4-10-24(22)27-17-19(13-15-25(23)27)20-14-16-30-28(18-20)26-11-5-6-12-29(26)31-30/h1-18H/i1D,2D,3D,4D,7D,8D,9D,10D,13D,15D,17D. The van der Waals surface area contributed by atoms with Crippen LogP contribution in [0.15, 0.2) is 109 Å². The van der Waals surface area contributed by atoms with Crippen LogP contribution in [0.2, 0.25) is 0 Å². The highest BCUT2D eigenvalue weighted by Gasteiger charge is 2.11. The molecule has 7 aromatic rings. The predicted octanol–water partition coefficient (Wildman–Crippen LogP) is 9.18. The highest BCUT2D eigenvalue weighted by Crippen LogP contribution is 2.39. The minimum absolute atomic E-state index is 0.0548. The Balaban J connectivity index is 1.77. The van der Waals surface area contributed by atoms with E-state index in [4.69, 9.17) is 13.7 Å². The van der Waals surface area contributed by atoms with E-state index in [0.29, 0.717) is 5.56 Å². The van der Waals surface area contributed by atoms with Gasteiger partial charge in [0, 0.05) is 20.2 Å². The second kappa shape index (κ2) is 6.41. The monoisotopic (exact) mass is 421 g/mol. The average molecular weight is 422 g/mol. The smallest absolute Gasteiger partial charge is 0.0636 e. The number of thiophene rings is 1. The fourth-order valence-electron chi connectivity index (χ4n) is 4.18. The highest BCUT2D eigenvalue weighted by atomic mass is 32.1. The topological polar surface area (TPSA) is 0 Å². The summed E-state index contributed by atoms with van der Waals surface area (Å²) < 4.78 is 97.7. The van der Waals surface area contributed by atoms with Crippen molar-refractivity contribution in [3.05, 3.63) is 109 Å². The van der Waals surface area contributed by atoms with Gasteiger partial charge in [0.2, 0.25) is 0 Å². The van der Waals surface area contributed by atoms with Gasteiger partial charge in [0.15, 0.2) is 0 Å². The van der Waals surface area contributed by atoms with Gasteiger partial charge in [-0.15, -0.1) is 11.3 Å². The molecule has 0 amide bonds. The van der Waals surface area contributed by atoms with Crippen LogP contribution in [0, 0.1) is 0 Å². The lowest BCUT2D eigenvalue weighted by Crippen LogP contribution is -1.85. The van der Waals surface area contributed by atoms with Gasteiger partial charge in [-0.2, -0.15) is 0 Å². The number of hydrogen-bond donors (Lipinski definition) is 0. The molecular weight excluding hydrogens is 392 g/mol. The van der Waals surface area contributed by atoms with E-state index in [-0.39, 0.29) is 50.0 Å². The molecule has 1 heteroatoms. The van der Waals surface area contributed by atoms with Crippen molar-refractivity contribution in [2.75, 3.05) is 0 Å².